The SMILES string of the molecule is Cc1cc(Br)c(Nc2nc(CN3CCOCC3)nc(N/N=C/c3cc(I)cc(C)c3O)n2)cc1Cl. The van der Waals surface area contributed by atoms with E-state index in [0.717, 1.165) is 37.9 Å². The first-order chi connectivity index (χ1) is 16.8. The van der Waals surface area contributed by atoms with Crippen molar-refractivity contribution in [1.29, 1.82) is 0 Å². The first kappa shape index (κ1) is 26.0. The molecule has 0 saturated carbocycles. The maximum Gasteiger partial charge on any atom is 0.248 e. The monoisotopic (exact) mass is 671 g/mol. The summed E-state index contributed by atoms with van der Waals surface area (Å²) in [6, 6.07) is 7.49. The quantitative estimate of drug-likeness (QED) is 0.178. The summed E-state index contributed by atoms with van der Waals surface area (Å²) < 4.78 is 7.28. The summed E-state index contributed by atoms with van der Waals surface area (Å²) in [5, 5.41) is 18.4. The molecule has 0 unspecified atom stereocenters. The van der Waals surface area contributed by atoms with Gasteiger partial charge in [-0.25, -0.2) is 5.43 Å². The average molecular weight is 673 g/mol. The molecule has 0 bridgehead atoms. The number of rotatable bonds is 7. The molecule has 0 aliphatic carbocycles. The Morgan fingerprint density at radius 3 is 2.66 bits per heavy atom. The van der Waals surface area contributed by atoms with E-state index in [-0.39, 0.29) is 11.7 Å². The number of morpholine rings is 1. The average Bonchev–Trinajstić information content (AvgIpc) is 2.81. The number of ether oxygens (including phenoxy) is 1. The number of aromatic hydroxyl groups is 1. The Balaban J connectivity index is 1.60. The maximum atomic E-state index is 10.3. The molecule has 1 aromatic heterocycles. The predicted molar refractivity (Wildman–Crippen MR) is 150 cm³/mol. The molecular weight excluding hydrogens is 649 g/mol. The van der Waals surface area contributed by atoms with Crippen molar-refractivity contribution >= 4 is 73.9 Å². The summed E-state index contributed by atoms with van der Waals surface area (Å²) in [4.78, 5) is 15.8. The van der Waals surface area contributed by atoms with Crippen molar-refractivity contribution < 1.29 is 9.84 Å². The number of nitrogens with zero attached hydrogens (tertiary/aromatic N) is 5. The van der Waals surface area contributed by atoms with Gasteiger partial charge in [0.1, 0.15) is 11.6 Å². The zero-order chi connectivity index (χ0) is 24.9. The highest BCUT2D eigenvalue weighted by Gasteiger charge is 2.15. The van der Waals surface area contributed by atoms with Crippen LogP contribution in [0.2, 0.25) is 5.02 Å². The zero-order valence-electron chi connectivity index (χ0n) is 19.1. The summed E-state index contributed by atoms with van der Waals surface area (Å²) in [6.45, 7) is 7.30. The molecule has 1 saturated heterocycles. The van der Waals surface area contributed by atoms with E-state index < -0.39 is 0 Å². The van der Waals surface area contributed by atoms with Gasteiger partial charge in [-0.1, -0.05) is 11.6 Å². The van der Waals surface area contributed by atoms with Crippen LogP contribution < -0.4 is 10.7 Å². The summed E-state index contributed by atoms with van der Waals surface area (Å²) in [5.41, 5.74) is 5.94. The summed E-state index contributed by atoms with van der Waals surface area (Å²) in [6.07, 6.45) is 1.54. The van der Waals surface area contributed by atoms with Crippen molar-refractivity contribution in [1.82, 2.24) is 19.9 Å². The van der Waals surface area contributed by atoms with Crippen molar-refractivity contribution in [2.45, 2.75) is 20.4 Å². The molecule has 35 heavy (non-hydrogen) atoms. The number of hydrogen-bond donors (Lipinski definition) is 3. The van der Waals surface area contributed by atoms with E-state index in [9.17, 15) is 5.11 Å². The van der Waals surface area contributed by atoms with Gasteiger partial charge in [-0.2, -0.15) is 20.1 Å². The number of halogens is 3. The van der Waals surface area contributed by atoms with E-state index in [1.807, 2.05) is 38.1 Å². The second-order valence-corrected chi connectivity index (χ2v) is 10.5. The predicted octanol–water partition coefficient (Wildman–Crippen LogP) is 5.24. The standard InChI is InChI=1S/C23H24BrClIN7O2/c1-13-8-17(24)19(10-18(13)25)28-22-29-20(12-33-3-5-35-6-4-33)30-23(31-22)32-27-11-15-9-16(26)7-14(2)21(15)34/h7-11,34H,3-6,12H2,1-2H3,(H2,28,29,30,31,32)/b27-11+. The van der Waals surface area contributed by atoms with Gasteiger partial charge in [-0.05, 0) is 87.8 Å². The largest absolute Gasteiger partial charge is 0.507 e. The molecule has 1 aliphatic rings. The third-order valence-electron chi connectivity index (χ3n) is 5.31. The molecule has 0 amide bonds. The van der Waals surface area contributed by atoms with Crippen LogP contribution in [0.25, 0.3) is 0 Å². The fraction of sp³-hybridized carbons (Fsp3) is 0.304. The van der Waals surface area contributed by atoms with E-state index in [1.54, 1.807) is 6.21 Å². The van der Waals surface area contributed by atoms with E-state index in [0.29, 0.717) is 42.1 Å². The zero-order valence-corrected chi connectivity index (χ0v) is 23.6. The number of aromatic nitrogens is 3. The fourth-order valence-electron chi connectivity index (χ4n) is 3.44. The Labute approximate surface area is 230 Å². The highest BCUT2D eigenvalue weighted by Crippen LogP contribution is 2.31. The summed E-state index contributed by atoms with van der Waals surface area (Å²) in [5.74, 6) is 1.40. The van der Waals surface area contributed by atoms with Crippen LogP contribution in [0, 0.1) is 17.4 Å². The molecule has 0 spiro atoms. The number of phenolic OH excluding ortho intramolecular Hbond substituents is 1. The molecule has 2 aromatic carbocycles. The molecule has 0 atom stereocenters. The number of hydrogen-bond acceptors (Lipinski definition) is 9. The molecular formula is C23H24BrClIN7O2. The van der Waals surface area contributed by atoms with Gasteiger partial charge in [0.15, 0.2) is 0 Å². The molecule has 12 heteroatoms. The second kappa shape index (κ2) is 11.8. The minimum absolute atomic E-state index is 0.183. The molecule has 9 nitrogen and oxygen atoms in total. The Morgan fingerprint density at radius 2 is 1.89 bits per heavy atom. The lowest BCUT2D eigenvalue weighted by Crippen LogP contribution is -2.36. The summed E-state index contributed by atoms with van der Waals surface area (Å²) >= 11 is 12.1. The Bertz CT molecular complexity index is 1260. The van der Waals surface area contributed by atoms with Gasteiger partial charge in [0.25, 0.3) is 0 Å². The van der Waals surface area contributed by atoms with Crippen LogP contribution in [-0.2, 0) is 11.3 Å². The number of nitrogens with one attached hydrogen (secondary N) is 2. The normalized spacial score (nSPS) is 14.4. The summed E-state index contributed by atoms with van der Waals surface area (Å²) in [7, 11) is 0. The first-order valence-corrected chi connectivity index (χ1v) is 13.1. The third kappa shape index (κ3) is 7.00. The van der Waals surface area contributed by atoms with Gasteiger partial charge in [0, 0.05) is 31.7 Å². The third-order valence-corrected chi connectivity index (χ3v) is 6.99. The number of hydrazone groups is 1. The van der Waals surface area contributed by atoms with Gasteiger partial charge >= 0.3 is 0 Å². The van der Waals surface area contributed by atoms with Crippen LogP contribution in [-0.4, -0.2) is 57.5 Å². The van der Waals surface area contributed by atoms with Gasteiger partial charge in [-0.3, -0.25) is 4.90 Å². The molecule has 2 heterocycles. The fourth-order valence-corrected chi connectivity index (χ4v) is 4.96. The van der Waals surface area contributed by atoms with Crippen LogP contribution in [0.1, 0.15) is 22.5 Å². The maximum absolute atomic E-state index is 10.3. The Hall–Kier alpha value is -2.06. The van der Waals surface area contributed by atoms with Gasteiger partial charge in [0.2, 0.25) is 11.9 Å². The number of benzene rings is 2. The number of anilines is 3. The van der Waals surface area contributed by atoms with Crippen LogP contribution in [0.5, 0.6) is 5.75 Å². The van der Waals surface area contributed by atoms with Gasteiger partial charge in [0.05, 0.1) is 31.7 Å². The minimum Gasteiger partial charge on any atom is -0.507 e. The van der Waals surface area contributed by atoms with Crippen LogP contribution in [0.15, 0.2) is 33.8 Å². The molecule has 184 valence electrons. The number of aryl methyl sites for hydroxylation is 2. The molecule has 1 fully saturated rings. The van der Waals surface area contributed by atoms with Crippen molar-refractivity contribution in [3.05, 3.63) is 59.8 Å². The van der Waals surface area contributed by atoms with Gasteiger partial charge < -0.3 is 15.2 Å². The number of phenols is 1. The molecule has 3 aromatic rings. The lowest BCUT2D eigenvalue weighted by atomic mass is 10.1. The van der Waals surface area contributed by atoms with Crippen LogP contribution in [0.3, 0.4) is 0 Å². The Morgan fingerprint density at radius 1 is 1.14 bits per heavy atom. The second-order valence-electron chi connectivity index (χ2n) is 8.02. The van der Waals surface area contributed by atoms with Crippen LogP contribution >= 0.6 is 50.1 Å². The smallest absolute Gasteiger partial charge is 0.248 e. The minimum atomic E-state index is 0.183. The van der Waals surface area contributed by atoms with Crippen molar-refractivity contribution in [3.63, 3.8) is 0 Å². The van der Waals surface area contributed by atoms with Gasteiger partial charge in [-0.15, -0.1) is 0 Å². The Kier molecular flexibility index (Phi) is 8.76. The van der Waals surface area contributed by atoms with Crippen molar-refractivity contribution in [2.24, 2.45) is 5.10 Å². The van der Waals surface area contributed by atoms with Crippen LogP contribution in [0.4, 0.5) is 17.6 Å². The molecule has 1 aliphatic heterocycles. The highest BCUT2D eigenvalue weighted by molar-refractivity contribution is 14.1. The van der Waals surface area contributed by atoms with E-state index in [2.05, 4.69) is 74.2 Å². The molecule has 0 radical (unpaired) electrons. The topological polar surface area (TPSA) is 108 Å². The molecule has 3 N–H and O–H groups in total. The first-order valence-electron chi connectivity index (χ1n) is 10.8. The van der Waals surface area contributed by atoms with Crippen molar-refractivity contribution in [2.75, 3.05) is 37.0 Å². The lowest BCUT2D eigenvalue weighted by molar-refractivity contribution is 0.0331. The lowest BCUT2D eigenvalue weighted by Gasteiger charge is -2.25. The highest BCUT2D eigenvalue weighted by atomic mass is 127. The van der Waals surface area contributed by atoms with E-state index >= 15 is 0 Å². The van der Waals surface area contributed by atoms with E-state index in [1.165, 1.54) is 0 Å². The molecule has 4 rings (SSSR count). The van der Waals surface area contributed by atoms with E-state index in [4.69, 9.17) is 16.3 Å². The van der Waals surface area contributed by atoms with Crippen molar-refractivity contribution in [3.8, 4) is 5.75 Å².